The van der Waals surface area contributed by atoms with Crippen molar-refractivity contribution in [3.05, 3.63) is 58.6 Å². The number of benzene rings is 2. The van der Waals surface area contributed by atoms with Crippen LogP contribution >= 0.6 is 11.6 Å². The standard InChI is InChI=1S/C20H23ClN2O2/c1-23-12-15(6-2-4-14-5-3-7-17(21)10-14)13-25-19-9-8-16(20(22)24)11-18(19)23/h3,5,7-11,15H,2,4,6,12-13H2,1H3,(H2,22,24)/t15-/m1/s1. The molecule has 2 aromatic rings. The summed E-state index contributed by atoms with van der Waals surface area (Å²) >= 11 is 6.04. The lowest BCUT2D eigenvalue weighted by Gasteiger charge is -2.21. The number of anilines is 1. The quantitative estimate of drug-likeness (QED) is 0.881. The number of carbonyl (C=O) groups is 1. The number of nitrogens with two attached hydrogens (primary N) is 1. The maximum atomic E-state index is 11.4. The number of halogens is 1. The van der Waals surface area contributed by atoms with Crippen molar-refractivity contribution < 1.29 is 9.53 Å². The van der Waals surface area contributed by atoms with Gasteiger partial charge in [0.05, 0.1) is 12.3 Å². The van der Waals surface area contributed by atoms with Gasteiger partial charge in [-0.1, -0.05) is 23.7 Å². The van der Waals surface area contributed by atoms with Crippen LogP contribution in [0.1, 0.15) is 28.8 Å². The van der Waals surface area contributed by atoms with Crippen LogP contribution in [0.4, 0.5) is 5.69 Å². The number of nitrogens with zero attached hydrogens (tertiary/aromatic N) is 1. The summed E-state index contributed by atoms with van der Waals surface area (Å²) in [6.45, 7) is 1.58. The average Bonchev–Trinajstić information content (AvgIpc) is 2.74. The third-order valence-electron chi connectivity index (χ3n) is 4.63. The Morgan fingerprint density at radius 2 is 2.16 bits per heavy atom. The van der Waals surface area contributed by atoms with Crippen molar-refractivity contribution >= 4 is 23.2 Å². The Morgan fingerprint density at radius 3 is 2.92 bits per heavy atom. The fourth-order valence-electron chi connectivity index (χ4n) is 3.30. The Kier molecular flexibility index (Phi) is 5.49. The lowest BCUT2D eigenvalue weighted by molar-refractivity contribution is 0.100. The predicted octanol–water partition coefficient (Wildman–Crippen LogP) is 3.91. The predicted molar refractivity (Wildman–Crippen MR) is 102 cm³/mol. The number of primary amides is 1. The summed E-state index contributed by atoms with van der Waals surface area (Å²) in [5.74, 6) is 0.831. The monoisotopic (exact) mass is 358 g/mol. The number of carbonyl (C=O) groups excluding carboxylic acids is 1. The molecule has 4 nitrogen and oxygen atoms in total. The van der Waals surface area contributed by atoms with Crippen molar-refractivity contribution in [2.75, 3.05) is 25.1 Å². The summed E-state index contributed by atoms with van der Waals surface area (Å²) in [5.41, 5.74) is 8.08. The lowest BCUT2D eigenvalue weighted by atomic mass is 9.99. The van der Waals surface area contributed by atoms with E-state index in [0.717, 1.165) is 42.3 Å². The molecule has 1 aliphatic rings. The highest BCUT2D eigenvalue weighted by Gasteiger charge is 2.21. The van der Waals surface area contributed by atoms with E-state index >= 15 is 0 Å². The van der Waals surface area contributed by atoms with Crippen molar-refractivity contribution in [3.8, 4) is 5.75 Å². The van der Waals surface area contributed by atoms with E-state index in [-0.39, 0.29) is 0 Å². The summed E-state index contributed by atoms with van der Waals surface area (Å²) in [5, 5.41) is 0.788. The molecule has 5 heteroatoms. The number of ether oxygens (including phenoxy) is 1. The van der Waals surface area contributed by atoms with Crippen LogP contribution in [0.3, 0.4) is 0 Å². The Morgan fingerprint density at radius 1 is 1.32 bits per heavy atom. The van der Waals surface area contributed by atoms with E-state index in [0.29, 0.717) is 18.1 Å². The summed E-state index contributed by atoms with van der Waals surface area (Å²) < 4.78 is 5.97. The number of rotatable bonds is 5. The van der Waals surface area contributed by atoms with Crippen LogP contribution in [0, 0.1) is 5.92 Å². The number of fused-ring (bicyclic) bond motifs is 1. The zero-order valence-electron chi connectivity index (χ0n) is 14.4. The van der Waals surface area contributed by atoms with Gasteiger partial charge in [-0.3, -0.25) is 4.79 Å². The summed E-state index contributed by atoms with van der Waals surface area (Å²) in [4.78, 5) is 13.5. The summed E-state index contributed by atoms with van der Waals surface area (Å²) in [6, 6.07) is 13.4. The van der Waals surface area contributed by atoms with E-state index < -0.39 is 5.91 Å². The first-order valence-electron chi connectivity index (χ1n) is 8.55. The second kappa shape index (κ2) is 7.79. The van der Waals surface area contributed by atoms with Gasteiger partial charge in [0.25, 0.3) is 0 Å². The van der Waals surface area contributed by atoms with Crippen LogP contribution in [0.15, 0.2) is 42.5 Å². The van der Waals surface area contributed by atoms with Gasteiger partial charge in [-0.15, -0.1) is 0 Å². The minimum absolute atomic E-state index is 0.418. The van der Waals surface area contributed by atoms with Crippen LogP contribution in [0.2, 0.25) is 5.02 Å². The molecule has 0 radical (unpaired) electrons. The fraction of sp³-hybridized carbons (Fsp3) is 0.350. The van der Waals surface area contributed by atoms with Gasteiger partial charge in [0.1, 0.15) is 5.75 Å². The zero-order chi connectivity index (χ0) is 17.8. The molecule has 0 fully saturated rings. The molecule has 1 aliphatic heterocycles. The van der Waals surface area contributed by atoms with Crippen LogP contribution < -0.4 is 15.4 Å². The fourth-order valence-corrected chi connectivity index (χ4v) is 3.51. The summed E-state index contributed by atoms with van der Waals surface area (Å²) in [7, 11) is 2.03. The molecule has 1 amide bonds. The molecule has 3 rings (SSSR count). The molecule has 1 heterocycles. The summed E-state index contributed by atoms with van der Waals surface area (Å²) in [6.07, 6.45) is 3.18. The molecule has 0 spiro atoms. The van der Waals surface area contributed by atoms with E-state index in [2.05, 4.69) is 11.0 Å². The van der Waals surface area contributed by atoms with Crippen molar-refractivity contribution in [1.29, 1.82) is 0 Å². The topological polar surface area (TPSA) is 55.6 Å². The van der Waals surface area contributed by atoms with Crippen LogP contribution in [0.5, 0.6) is 5.75 Å². The largest absolute Gasteiger partial charge is 0.491 e. The minimum atomic E-state index is -0.418. The number of aryl methyl sites for hydroxylation is 1. The van der Waals surface area contributed by atoms with E-state index in [1.807, 2.05) is 37.4 Å². The molecule has 25 heavy (non-hydrogen) atoms. The molecule has 0 saturated carbocycles. The zero-order valence-corrected chi connectivity index (χ0v) is 15.1. The molecule has 0 aliphatic carbocycles. The highest BCUT2D eigenvalue weighted by Crippen LogP contribution is 2.33. The maximum Gasteiger partial charge on any atom is 0.248 e. The SMILES string of the molecule is CN1C[C@@H](CCCc2cccc(Cl)c2)COc2ccc(C(N)=O)cc21. The molecular weight excluding hydrogens is 336 g/mol. The number of hydrogen-bond acceptors (Lipinski definition) is 3. The molecule has 132 valence electrons. The van der Waals surface area contributed by atoms with Gasteiger partial charge in [0.2, 0.25) is 5.91 Å². The van der Waals surface area contributed by atoms with E-state index in [1.54, 1.807) is 6.07 Å². The van der Waals surface area contributed by atoms with Crippen molar-refractivity contribution in [1.82, 2.24) is 0 Å². The minimum Gasteiger partial charge on any atom is -0.491 e. The molecule has 2 aromatic carbocycles. The normalized spacial score (nSPS) is 16.7. The Bertz CT molecular complexity index is 763. The van der Waals surface area contributed by atoms with Crippen molar-refractivity contribution in [2.24, 2.45) is 11.7 Å². The molecule has 2 N–H and O–H groups in total. The van der Waals surface area contributed by atoms with Gasteiger partial charge in [-0.2, -0.15) is 0 Å². The Hall–Kier alpha value is -2.20. The average molecular weight is 359 g/mol. The second-order valence-electron chi connectivity index (χ2n) is 6.63. The van der Waals surface area contributed by atoms with Crippen LogP contribution in [-0.2, 0) is 6.42 Å². The first kappa shape index (κ1) is 17.6. The lowest BCUT2D eigenvalue weighted by Crippen LogP contribution is -2.26. The van der Waals surface area contributed by atoms with E-state index in [1.165, 1.54) is 5.56 Å². The van der Waals surface area contributed by atoms with Gasteiger partial charge in [-0.25, -0.2) is 0 Å². The molecule has 0 bridgehead atoms. The van der Waals surface area contributed by atoms with Crippen molar-refractivity contribution in [3.63, 3.8) is 0 Å². The molecule has 0 saturated heterocycles. The van der Waals surface area contributed by atoms with Gasteiger partial charge in [0.15, 0.2) is 0 Å². The number of amides is 1. The maximum absolute atomic E-state index is 11.4. The Balaban J connectivity index is 1.60. The molecule has 0 aromatic heterocycles. The molecular formula is C20H23ClN2O2. The first-order valence-corrected chi connectivity index (χ1v) is 8.93. The van der Waals surface area contributed by atoms with Gasteiger partial charge >= 0.3 is 0 Å². The van der Waals surface area contributed by atoms with Crippen LogP contribution in [0.25, 0.3) is 0 Å². The molecule has 1 atom stereocenters. The van der Waals surface area contributed by atoms with Crippen LogP contribution in [-0.4, -0.2) is 26.1 Å². The van der Waals surface area contributed by atoms with E-state index in [4.69, 9.17) is 22.1 Å². The van der Waals surface area contributed by atoms with Gasteiger partial charge < -0.3 is 15.4 Å². The highest BCUT2D eigenvalue weighted by atomic mass is 35.5. The number of hydrogen-bond donors (Lipinski definition) is 1. The van der Waals surface area contributed by atoms with Gasteiger partial charge in [-0.05, 0) is 55.2 Å². The van der Waals surface area contributed by atoms with E-state index in [9.17, 15) is 4.79 Å². The third-order valence-corrected chi connectivity index (χ3v) is 4.86. The molecule has 0 unspecified atom stereocenters. The highest BCUT2D eigenvalue weighted by molar-refractivity contribution is 6.30. The Labute approximate surface area is 153 Å². The first-order chi connectivity index (χ1) is 12.0. The smallest absolute Gasteiger partial charge is 0.248 e. The third kappa shape index (κ3) is 4.45. The second-order valence-corrected chi connectivity index (χ2v) is 7.06. The van der Waals surface area contributed by atoms with Gasteiger partial charge in [0, 0.05) is 30.1 Å². The van der Waals surface area contributed by atoms with Crippen molar-refractivity contribution in [2.45, 2.75) is 19.3 Å².